The number of phosphoric ester groups is 3. The number of hydrogen-bond acceptors (Lipinski definition) is 12. The molecule has 0 bridgehead atoms. The summed E-state index contributed by atoms with van der Waals surface area (Å²) < 4.78 is 96.5. The third-order valence-corrected chi connectivity index (χ3v) is 14.6. The lowest BCUT2D eigenvalue weighted by molar-refractivity contribution is 0.296. The molecule has 15 heteroatoms. The summed E-state index contributed by atoms with van der Waals surface area (Å²) >= 11 is 0. The van der Waals surface area contributed by atoms with Crippen molar-refractivity contribution in [1.29, 1.82) is 0 Å². The number of benzene rings is 9. The molecule has 356 valence electrons. The summed E-state index contributed by atoms with van der Waals surface area (Å²) in [6.45, 7) is 2.01. The van der Waals surface area contributed by atoms with Crippen molar-refractivity contribution in [3.8, 4) is 51.7 Å². The van der Waals surface area contributed by atoms with Gasteiger partial charge >= 0.3 is 23.5 Å². The van der Waals surface area contributed by atoms with Crippen LogP contribution in [0.3, 0.4) is 0 Å². The summed E-state index contributed by atoms with van der Waals surface area (Å²) in [6.07, 6.45) is 0. The minimum absolute atomic E-state index is 0.207. The van der Waals surface area contributed by atoms with E-state index in [9.17, 15) is 13.7 Å². The van der Waals surface area contributed by atoms with Crippen LogP contribution in [0.1, 0.15) is 23.6 Å². The van der Waals surface area contributed by atoms with E-state index >= 15 is 0 Å². The normalized spacial score (nSPS) is 11.6. The molecule has 0 N–H and O–H groups in total. The highest BCUT2D eigenvalue weighted by Crippen LogP contribution is 2.53. The molecule has 0 unspecified atom stereocenters. The van der Waals surface area contributed by atoms with Gasteiger partial charge in [0.2, 0.25) is 0 Å². The lowest BCUT2D eigenvalue weighted by atomic mass is 9.71. The van der Waals surface area contributed by atoms with Gasteiger partial charge in [0.15, 0.2) is 0 Å². The second-order valence-corrected chi connectivity index (χ2v) is 20.1. The summed E-state index contributed by atoms with van der Waals surface area (Å²) in [5.41, 5.74) is 1.36. The topological polar surface area (TPSA) is 134 Å². The van der Waals surface area contributed by atoms with Crippen LogP contribution in [0.5, 0.6) is 51.7 Å². The first-order valence-corrected chi connectivity index (χ1v) is 26.6. The minimum Gasteiger partial charge on any atom is -0.386 e. The van der Waals surface area contributed by atoms with E-state index in [0.29, 0.717) is 34.5 Å². The van der Waals surface area contributed by atoms with Crippen molar-refractivity contribution in [2.24, 2.45) is 0 Å². The van der Waals surface area contributed by atoms with Crippen LogP contribution >= 0.6 is 23.5 Å². The predicted octanol–water partition coefficient (Wildman–Crippen LogP) is 16.0. The smallest absolute Gasteiger partial charge is 0.386 e. The third kappa shape index (κ3) is 12.6. The summed E-state index contributed by atoms with van der Waals surface area (Å²) in [5, 5.41) is 0. The van der Waals surface area contributed by atoms with Crippen LogP contribution in [0.4, 0.5) is 0 Å². The number of para-hydroxylation sites is 6. The fourth-order valence-corrected chi connectivity index (χ4v) is 11.0. The van der Waals surface area contributed by atoms with Crippen molar-refractivity contribution < 1.29 is 54.4 Å². The van der Waals surface area contributed by atoms with Crippen LogP contribution in [0.2, 0.25) is 0 Å². The highest BCUT2D eigenvalue weighted by atomic mass is 31.2. The molecule has 0 atom stereocenters. The Labute approximate surface area is 411 Å². The van der Waals surface area contributed by atoms with Gasteiger partial charge in [0, 0.05) is 5.41 Å². The van der Waals surface area contributed by atoms with Gasteiger partial charge in [0.05, 0.1) is 0 Å². The Bertz CT molecular complexity index is 2760. The second kappa shape index (κ2) is 21.7. The first-order chi connectivity index (χ1) is 34.5. The molecule has 71 heavy (non-hydrogen) atoms. The monoisotopic (exact) mass is 1000 g/mol. The third-order valence-electron chi connectivity index (χ3n) is 10.7. The van der Waals surface area contributed by atoms with Crippen molar-refractivity contribution in [3.05, 3.63) is 271 Å². The maximum atomic E-state index is 14.4. The molecule has 0 spiro atoms. The Hall–Kier alpha value is -8.13. The Kier molecular flexibility index (Phi) is 14.6. The van der Waals surface area contributed by atoms with E-state index in [-0.39, 0.29) is 17.2 Å². The molecule has 0 fully saturated rings. The van der Waals surface area contributed by atoms with E-state index in [1.165, 1.54) is 0 Å². The number of hydrogen-bond donors (Lipinski definition) is 0. The van der Waals surface area contributed by atoms with Crippen LogP contribution < -0.4 is 40.7 Å². The van der Waals surface area contributed by atoms with Crippen LogP contribution in [0.25, 0.3) is 0 Å². The average molecular weight is 1000 g/mol. The Morgan fingerprint density at radius 3 is 0.521 bits per heavy atom. The molecule has 9 aromatic carbocycles. The van der Waals surface area contributed by atoms with Crippen LogP contribution in [-0.4, -0.2) is 0 Å². The van der Waals surface area contributed by atoms with Gasteiger partial charge < -0.3 is 40.7 Å². The fraction of sp³-hybridized carbons (Fsp3) is 0.0357. The van der Waals surface area contributed by atoms with E-state index in [2.05, 4.69) is 0 Å². The molecule has 0 aliphatic rings. The standard InChI is InChI=1S/C56H45O12P3/c1-56(44-32-38-53(39-33-44)66-69(57,60-47-20-8-2-9-21-47)61-48-22-10-3-11-23-48,45-34-40-54(41-35-45)67-70(58,62-49-24-12-4-13-25-49)63-50-26-14-5-15-27-50)46-36-42-55(43-37-46)68-71(59,64-51-28-16-6-17-29-51)65-52-30-18-7-19-31-52/h2-43H,1H3. The Balaban J connectivity index is 1.05. The van der Waals surface area contributed by atoms with Gasteiger partial charge in [-0.3, -0.25) is 0 Å². The molecule has 0 aliphatic heterocycles. The van der Waals surface area contributed by atoms with E-state index in [1.54, 1.807) is 182 Å². The van der Waals surface area contributed by atoms with Gasteiger partial charge in [0.25, 0.3) is 0 Å². The molecule has 0 heterocycles. The molecule has 0 saturated heterocycles. The highest BCUT2D eigenvalue weighted by molar-refractivity contribution is 7.50. The summed E-state index contributed by atoms with van der Waals surface area (Å²) in [7, 11) is -12.9. The molecular weight excluding hydrogens is 958 g/mol. The Morgan fingerprint density at radius 2 is 0.366 bits per heavy atom. The first-order valence-electron chi connectivity index (χ1n) is 22.2. The maximum absolute atomic E-state index is 14.4. The molecule has 0 aliphatic carbocycles. The zero-order chi connectivity index (χ0) is 49.0. The predicted molar refractivity (Wildman–Crippen MR) is 272 cm³/mol. The van der Waals surface area contributed by atoms with Crippen LogP contribution in [0.15, 0.2) is 255 Å². The zero-order valence-electron chi connectivity index (χ0n) is 38.0. The van der Waals surface area contributed by atoms with E-state index < -0.39 is 28.9 Å². The average Bonchev–Trinajstić information content (AvgIpc) is 3.38. The van der Waals surface area contributed by atoms with E-state index in [0.717, 1.165) is 16.7 Å². The summed E-state index contributed by atoms with van der Waals surface area (Å²) in [5.74, 6) is 2.37. The van der Waals surface area contributed by atoms with Crippen LogP contribution in [0, 0.1) is 0 Å². The van der Waals surface area contributed by atoms with Crippen molar-refractivity contribution >= 4 is 23.5 Å². The van der Waals surface area contributed by atoms with E-state index in [4.69, 9.17) is 40.7 Å². The molecule has 0 aromatic heterocycles. The lowest BCUT2D eigenvalue weighted by Gasteiger charge is -2.32. The van der Waals surface area contributed by atoms with Crippen molar-refractivity contribution in [2.75, 3.05) is 0 Å². The zero-order valence-corrected chi connectivity index (χ0v) is 40.7. The van der Waals surface area contributed by atoms with Gasteiger partial charge in [-0.15, -0.1) is 0 Å². The molecule has 0 amide bonds. The minimum atomic E-state index is -4.31. The number of rotatable bonds is 21. The van der Waals surface area contributed by atoms with E-state index in [1.807, 2.05) is 79.7 Å². The highest BCUT2D eigenvalue weighted by Gasteiger charge is 2.38. The SMILES string of the molecule is CC(c1ccc(OP(=O)(Oc2ccccc2)Oc2ccccc2)cc1)(c1ccc(OP(=O)(Oc2ccccc2)Oc2ccccc2)cc1)c1ccc(OP(=O)(Oc2ccccc2)Oc2ccccc2)cc1. The van der Waals surface area contributed by atoms with Gasteiger partial charge in [-0.25, -0.2) is 0 Å². The van der Waals surface area contributed by atoms with Gasteiger partial charge in [-0.1, -0.05) is 146 Å². The largest absolute Gasteiger partial charge is 0.647 e. The molecule has 0 saturated carbocycles. The summed E-state index contributed by atoms with van der Waals surface area (Å²) in [6, 6.07) is 72.8. The van der Waals surface area contributed by atoms with Crippen molar-refractivity contribution in [2.45, 2.75) is 12.3 Å². The Morgan fingerprint density at radius 1 is 0.225 bits per heavy atom. The van der Waals surface area contributed by atoms with Gasteiger partial charge in [-0.05, 0) is 133 Å². The molecule has 9 rings (SSSR count). The molecular formula is C56H45O12P3. The van der Waals surface area contributed by atoms with Crippen LogP contribution in [-0.2, 0) is 19.1 Å². The second-order valence-electron chi connectivity index (χ2n) is 15.7. The molecule has 0 radical (unpaired) electrons. The summed E-state index contributed by atoms with van der Waals surface area (Å²) in [4.78, 5) is 0. The van der Waals surface area contributed by atoms with Crippen molar-refractivity contribution in [1.82, 2.24) is 0 Å². The maximum Gasteiger partial charge on any atom is 0.647 e. The fourth-order valence-electron chi connectivity index (χ4n) is 7.27. The quantitative estimate of drug-likeness (QED) is 0.0501. The lowest BCUT2D eigenvalue weighted by Crippen LogP contribution is -2.25. The first kappa shape index (κ1) is 47.9. The van der Waals surface area contributed by atoms with Crippen molar-refractivity contribution in [3.63, 3.8) is 0 Å². The molecule has 9 aromatic rings. The van der Waals surface area contributed by atoms with Gasteiger partial charge in [-0.2, -0.15) is 13.7 Å². The van der Waals surface area contributed by atoms with Gasteiger partial charge in [0.1, 0.15) is 51.7 Å². The number of phosphoric acid groups is 3. The molecule has 12 nitrogen and oxygen atoms in total.